The molecule has 0 unspecified atom stereocenters. The van der Waals surface area contributed by atoms with Gasteiger partial charge in [0.05, 0.1) is 4.88 Å². The van der Waals surface area contributed by atoms with Crippen LogP contribution in [0, 0.1) is 0 Å². The van der Waals surface area contributed by atoms with Crippen LogP contribution in [0.2, 0.25) is 0 Å². The van der Waals surface area contributed by atoms with Crippen molar-refractivity contribution < 1.29 is 9.59 Å². The van der Waals surface area contributed by atoms with Crippen LogP contribution in [0.4, 0.5) is 16.2 Å². The van der Waals surface area contributed by atoms with Crippen LogP contribution in [0.15, 0.2) is 54.4 Å². The molecule has 2 aromatic rings. The fourth-order valence-electron chi connectivity index (χ4n) is 1.58. The van der Waals surface area contributed by atoms with Gasteiger partial charge in [0.2, 0.25) is 0 Å². The number of nitrogens with one attached hydrogen (secondary N) is 3. The summed E-state index contributed by atoms with van der Waals surface area (Å²) in [7, 11) is 0. The Morgan fingerprint density at radius 2 is 1.76 bits per heavy atom. The molecule has 0 atom stereocenters. The Hall–Kier alpha value is -2.60. The lowest BCUT2D eigenvalue weighted by molar-refractivity contribution is 0.103. The molecule has 0 spiro atoms. The molecule has 0 saturated heterocycles. The molecule has 0 bridgehead atoms. The van der Waals surface area contributed by atoms with Crippen molar-refractivity contribution in [1.29, 1.82) is 0 Å². The van der Waals surface area contributed by atoms with Crippen LogP contribution < -0.4 is 16.0 Å². The van der Waals surface area contributed by atoms with E-state index in [1.54, 1.807) is 36.4 Å². The van der Waals surface area contributed by atoms with Gasteiger partial charge in [0, 0.05) is 17.9 Å². The van der Waals surface area contributed by atoms with Crippen molar-refractivity contribution in [2.45, 2.75) is 0 Å². The average molecular weight is 301 g/mol. The Labute approximate surface area is 126 Å². The van der Waals surface area contributed by atoms with Gasteiger partial charge in [-0.15, -0.1) is 17.9 Å². The highest BCUT2D eigenvalue weighted by atomic mass is 32.1. The summed E-state index contributed by atoms with van der Waals surface area (Å²) in [6, 6.07) is 10.2. The number of hydrogen-bond donors (Lipinski definition) is 3. The number of carbonyl (C=O) groups is 2. The topological polar surface area (TPSA) is 70.2 Å². The first-order chi connectivity index (χ1) is 10.2. The second kappa shape index (κ2) is 7.25. The molecule has 1 aromatic heterocycles. The lowest BCUT2D eigenvalue weighted by atomic mass is 10.2. The van der Waals surface area contributed by atoms with E-state index in [2.05, 4.69) is 22.5 Å². The van der Waals surface area contributed by atoms with E-state index in [4.69, 9.17) is 0 Å². The summed E-state index contributed by atoms with van der Waals surface area (Å²) in [5.74, 6) is -0.144. The largest absolute Gasteiger partial charge is 0.334 e. The van der Waals surface area contributed by atoms with Gasteiger partial charge in [0.1, 0.15) is 0 Å². The van der Waals surface area contributed by atoms with Gasteiger partial charge < -0.3 is 16.0 Å². The van der Waals surface area contributed by atoms with E-state index < -0.39 is 0 Å². The van der Waals surface area contributed by atoms with Crippen LogP contribution in [0.25, 0.3) is 0 Å². The van der Waals surface area contributed by atoms with Gasteiger partial charge >= 0.3 is 6.03 Å². The van der Waals surface area contributed by atoms with Gasteiger partial charge in [-0.25, -0.2) is 4.79 Å². The first-order valence-corrected chi connectivity index (χ1v) is 7.17. The van der Waals surface area contributed by atoms with E-state index >= 15 is 0 Å². The third-order valence-corrected chi connectivity index (χ3v) is 3.42. The third-order valence-electron chi connectivity index (χ3n) is 2.55. The summed E-state index contributed by atoms with van der Waals surface area (Å²) in [5, 5.41) is 9.93. The molecule has 5 nitrogen and oxygen atoms in total. The molecule has 1 heterocycles. The van der Waals surface area contributed by atoms with Crippen molar-refractivity contribution >= 4 is 34.6 Å². The molecule has 0 saturated carbocycles. The van der Waals surface area contributed by atoms with Crippen molar-refractivity contribution in [3.63, 3.8) is 0 Å². The van der Waals surface area contributed by atoms with Crippen LogP contribution in [-0.4, -0.2) is 18.5 Å². The van der Waals surface area contributed by atoms with Crippen LogP contribution in [-0.2, 0) is 0 Å². The molecule has 0 fully saturated rings. The molecule has 2 rings (SSSR count). The number of thiophene rings is 1. The van der Waals surface area contributed by atoms with Crippen LogP contribution in [0.1, 0.15) is 9.67 Å². The molecule has 108 valence electrons. The molecular weight excluding hydrogens is 286 g/mol. The summed E-state index contributed by atoms with van der Waals surface area (Å²) < 4.78 is 0. The monoisotopic (exact) mass is 301 g/mol. The zero-order valence-electron chi connectivity index (χ0n) is 11.3. The molecule has 3 amide bonds. The highest BCUT2D eigenvalue weighted by Crippen LogP contribution is 2.16. The summed E-state index contributed by atoms with van der Waals surface area (Å²) in [5.41, 5.74) is 1.32. The maximum absolute atomic E-state index is 11.9. The number of anilines is 2. The molecular formula is C15H15N3O2S. The van der Waals surface area contributed by atoms with Crippen molar-refractivity contribution in [3.05, 3.63) is 59.3 Å². The summed E-state index contributed by atoms with van der Waals surface area (Å²) in [6.45, 7) is 3.92. The highest BCUT2D eigenvalue weighted by Gasteiger charge is 2.06. The number of hydrogen-bond acceptors (Lipinski definition) is 3. The molecule has 0 aliphatic carbocycles. The van der Waals surface area contributed by atoms with E-state index in [0.29, 0.717) is 22.8 Å². The predicted molar refractivity (Wildman–Crippen MR) is 85.9 cm³/mol. The van der Waals surface area contributed by atoms with E-state index in [9.17, 15) is 9.59 Å². The quantitative estimate of drug-likeness (QED) is 0.741. The molecule has 0 radical (unpaired) electrons. The minimum atomic E-state index is -0.301. The van der Waals surface area contributed by atoms with Gasteiger partial charge in [-0.05, 0) is 35.7 Å². The van der Waals surface area contributed by atoms with E-state index in [-0.39, 0.29) is 11.9 Å². The number of benzene rings is 1. The average Bonchev–Trinajstić information content (AvgIpc) is 3.01. The van der Waals surface area contributed by atoms with E-state index in [0.717, 1.165) is 0 Å². The Bertz CT molecular complexity index is 621. The van der Waals surface area contributed by atoms with Crippen molar-refractivity contribution in [3.8, 4) is 0 Å². The Morgan fingerprint density at radius 1 is 1.10 bits per heavy atom. The lowest BCUT2D eigenvalue weighted by Crippen LogP contribution is -2.28. The SMILES string of the molecule is C=CCNC(=O)Nc1ccc(NC(=O)c2cccs2)cc1. The fourth-order valence-corrected chi connectivity index (χ4v) is 2.20. The Balaban J connectivity index is 1.91. The molecule has 3 N–H and O–H groups in total. The number of amides is 3. The molecule has 6 heteroatoms. The van der Waals surface area contributed by atoms with Crippen LogP contribution >= 0.6 is 11.3 Å². The second-order valence-corrected chi connectivity index (χ2v) is 5.08. The minimum absolute atomic E-state index is 0.144. The maximum atomic E-state index is 11.9. The molecule has 21 heavy (non-hydrogen) atoms. The van der Waals surface area contributed by atoms with Gasteiger partial charge in [0.25, 0.3) is 5.91 Å². The normalized spacial score (nSPS) is 9.71. The smallest absolute Gasteiger partial charge is 0.319 e. The first kappa shape index (κ1) is 14.8. The summed E-state index contributed by atoms with van der Waals surface area (Å²) in [4.78, 5) is 24.0. The standard InChI is InChI=1S/C15H15N3O2S/c1-2-9-16-15(20)18-12-7-5-11(6-8-12)17-14(19)13-4-3-10-21-13/h2-8,10H,1,9H2,(H,17,19)(H2,16,18,20). The van der Waals surface area contributed by atoms with E-state index in [1.165, 1.54) is 11.3 Å². The van der Waals surface area contributed by atoms with Gasteiger partial charge in [0.15, 0.2) is 0 Å². The van der Waals surface area contributed by atoms with Crippen LogP contribution in [0.5, 0.6) is 0 Å². The van der Waals surface area contributed by atoms with Crippen molar-refractivity contribution in [2.75, 3.05) is 17.2 Å². The van der Waals surface area contributed by atoms with Crippen molar-refractivity contribution in [2.24, 2.45) is 0 Å². The first-order valence-electron chi connectivity index (χ1n) is 6.29. The minimum Gasteiger partial charge on any atom is -0.334 e. The second-order valence-electron chi connectivity index (χ2n) is 4.13. The molecule has 0 aliphatic heterocycles. The predicted octanol–water partition coefficient (Wildman–Crippen LogP) is 3.31. The van der Waals surface area contributed by atoms with Crippen molar-refractivity contribution in [1.82, 2.24) is 5.32 Å². The zero-order chi connectivity index (χ0) is 15.1. The highest BCUT2D eigenvalue weighted by molar-refractivity contribution is 7.12. The van der Waals surface area contributed by atoms with E-state index in [1.807, 2.05) is 11.4 Å². The van der Waals surface area contributed by atoms with Gasteiger partial charge in [-0.1, -0.05) is 12.1 Å². The van der Waals surface area contributed by atoms with Gasteiger partial charge in [-0.3, -0.25) is 4.79 Å². The van der Waals surface area contributed by atoms with Crippen LogP contribution in [0.3, 0.4) is 0 Å². The summed E-state index contributed by atoms with van der Waals surface area (Å²) in [6.07, 6.45) is 1.60. The Kier molecular flexibility index (Phi) is 5.11. The number of rotatable bonds is 5. The van der Waals surface area contributed by atoms with Gasteiger partial charge in [-0.2, -0.15) is 0 Å². The molecule has 0 aliphatic rings. The zero-order valence-corrected chi connectivity index (χ0v) is 12.1. The Morgan fingerprint density at radius 3 is 2.33 bits per heavy atom. The number of carbonyl (C=O) groups excluding carboxylic acids is 2. The maximum Gasteiger partial charge on any atom is 0.319 e. The lowest BCUT2D eigenvalue weighted by Gasteiger charge is -2.07. The number of urea groups is 1. The fraction of sp³-hybridized carbons (Fsp3) is 0.0667. The summed E-state index contributed by atoms with van der Waals surface area (Å²) >= 11 is 1.38. The molecule has 1 aromatic carbocycles. The third kappa shape index (κ3) is 4.47.